The van der Waals surface area contributed by atoms with Gasteiger partial charge in [0, 0.05) is 7.05 Å². The molecule has 7 nitrogen and oxygen atoms in total. The van der Waals surface area contributed by atoms with Gasteiger partial charge in [-0.1, -0.05) is 18.2 Å². The van der Waals surface area contributed by atoms with Crippen molar-refractivity contribution >= 4 is 21.6 Å². The van der Waals surface area contributed by atoms with E-state index in [2.05, 4.69) is 5.32 Å². The van der Waals surface area contributed by atoms with Crippen molar-refractivity contribution in [1.29, 1.82) is 0 Å². The summed E-state index contributed by atoms with van der Waals surface area (Å²) in [6.45, 7) is 1.84. The van der Waals surface area contributed by atoms with Crippen molar-refractivity contribution in [2.75, 3.05) is 31.8 Å². The molecule has 1 amide bonds. The number of methoxy groups -OCH3 is 2. The quantitative estimate of drug-likeness (QED) is 0.783. The van der Waals surface area contributed by atoms with E-state index in [0.29, 0.717) is 17.2 Å². The van der Waals surface area contributed by atoms with E-state index in [1.54, 1.807) is 50.6 Å². The first-order chi connectivity index (χ1) is 12.7. The van der Waals surface area contributed by atoms with Crippen LogP contribution >= 0.6 is 0 Å². The highest BCUT2D eigenvalue weighted by Crippen LogP contribution is 2.30. The van der Waals surface area contributed by atoms with Crippen LogP contribution in [0.1, 0.15) is 28.9 Å². The number of ether oxygens (including phenoxy) is 2. The molecule has 1 atom stereocenters. The zero-order valence-corrected chi connectivity index (χ0v) is 16.8. The van der Waals surface area contributed by atoms with Crippen LogP contribution in [0.2, 0.25) is 0 Å². The molecule has 2 aromatic rings. The van der Waals surface area contributed by atoms with Crippen molar-refractivity contribution in [1.82, 2.24) is 5.32 Å². The summed E-state index contributed by atoms with van der Waals surface area (Å²) in [6, 6.07) is 11.6. The summed E-state index contributed by atoms with van der Waals surface area (Å²) < 4.78 is 35.3. The molecule has 2 rings (SSSR count). The topological polar surface area (TPSA) is 84.9 Å². The molecule has 1 N–H and O–H groups in total. The number of benzene rings is 2. The van der Waals surface area contributed by atoms with Gasteiger partial charge in [0.1, 0.15) is 0 Å². The van der Waals surface area contributed by atoms with Gasteiger partial charge in [-0.05, 0) is 36.8 Å². The minimum absolute atomic E-state index is 0.276. The maximum absolute atomic E-state index is 12.8. The lowest BCUT2D eigenvalue weighted by atomic mass is 10.1. The zero-order chi connectivity index (χ0) is 20.2. The maximum atomic E-state index is 12.8. The van der Waals surface area contributed by atoms with Gasteiger partial charge in [-0.25, -0.2) is 8.42 Å². The Morgan fingerprint density at radius 1 is 1.07 bits per heavy atom. The molecule has 0 aliphatic heterocycles. The van der Waals surface area contributed by atoms with E-state index in [1.807, 2.05) is 13.0 Å². The Morgan fingerprint density at radius 3 is 2.30 bits per heavy atom. The van der Waals surface area contributed by atoms with Crippen molar-refractivity contribution in [3.8, 4) is 11.5 Å². The second-order valence-corrected chi connectivity index (χ2v) is 8.07. The van der Waals surface area contributed by atoms with E-state index < -0.39 is 10.0 Å². The zero-order valence-electron chi connectivity index (χ0n) is 16.0. The van der Waals surface area contributed by atoms with Crippen LogP contribution in [-0.2, 0) is 10.0 Å². The van der Waals surface area contributed by atoms with Crippen LogP contribution in [0.5, 0.6) is 11.5 Å². The number of para-hydroxylation sites is 1. The summed E-state index contributed by atoms with van der Waals surface area (Å²) in [6.07, 6.45) is 1.09. The van der Waals surface area contributed by atoms with Gasteiger partial charge in [0.25, 0.3) is 5.91 Å². The largest absolute Gasteiger partial charge is 0.493 e. The molecular formula is C19H24N2O5S. The monoisotopic (exact) mass is 392 g/mol. The van der Waals surface area contributed by atoms with Crippen molar-refractivity contribution in [3.05, 3.63) is 53.6 Å². The molecular weight excluding hydrogens is 368 g/mol. The van der Waals surface area contributed by atoms with Crippen LogP contribution in [0, 0.1) is 0 Å². The van der Waals surface area contributed by atoms with Gasteiger partial charge in [0.2, 0.25) is 10.0 Å². The first kappa shape index (κ1) is 20.6. The smallest absolute Gasteiger partial charge is 0.253 e. The van der Waals surface area contributed by atoms with Crippen LogP contribution in [0.4, 0.5) is 5.69 Å². The third-order valence-corrected chi connectivity index (χ3v) is 5.43. The second kappa shape index (κ2) is 8.30. The summed E-state index contributed by atoms with van der Waals surface area (Å²) in [5.41, 5.74) is 1.42. The van der Waals surface area contributed by atoms with Gasteiger partial charge < -0.3 is 14.8 Å². The van der Waals surface area contributed by atoms with Crippen LogP contribution in [0.3, 0.4) is 0 Å². The minimum atomic E-state index is -3.49. The van der Waals surface area contributed by atoms with Crippen LogP contribution in [0.15, 0.2) is 42.5 Å². The predicted molar refractivity (Wildman–Crippen MR) is 105 cm³/mol. The summed E-state index contributed by atoms with van der Waals surface area (Å²) in [5, 5.41) is 2.89. The Kier molecular flexibility index (Phi) is 6.32. The Bertz CT molecular complexity index is 927. The van der Waals surface area contributed by atoms with Crippen molar-refractivity contribution in [2.45, 2.75) is 13.0 Å². The Balaban J connectivity index is 2.28. The molecule has 0 heterocycles. The fraction of sp³-hybridized carbons (Fsp3) is 0.316. The van der Waals surface area contributed by atoms with Crippen molar-refractivity contribution < 1.29 is 22.7 Å². The number of rotatable bonds is 7. The van der Waals surface area contributed by atoms with Gasteiger partial charge in [0.15, 0.2) is 11.5 Å². The number of sulfonamides is 1. The Hall–Kier alpha value is -2.74. The lowest BCUT2D eigenvalue weighted by Crippen LogP contribution is -2.31. The van der Waals surface area contributed by atoms with Crippen molar-refractivity contribution in [3.63, 3.8) is 0 Å². The molecule has 0 saturated carbocycles. The molecule has 0 unspecified atom stereocenters. The molecule has 0 aromatic heterocycles. The van der Waals surface area contributed by atoms with Crippen molar-refractivity contribution in [2.24, 2.45) is 0 Å². The average Bonchev–Trinajstić information content (AvgIpc) is 2.65. The molecule has 0 saturated heterocycles. The number of hydrogen-bond acceptors (Lipinski definition) is 5. The second-order valence-electron chi connectivity index (χ2n) is 6.06. The number of nitrogens with one attached hydrogen (secondary N) is 1. The highest BCUT2D eigenvalue weighted by molar-refractivity contribution is 7.92. The van der Waals surface area contributed by atoms with Gasteiger partial charge >= 0.3 is 0 Å². The first-order valence-corrected chi connectivity index (χ1v) is 10.1. The third-order valence-electron chi connectivity index (χ3n) is 4.24. The van der Waals surface area contributed by atoms with E-state index in [1.165, 1.54) is 7.05 Å². The molecule has 0 spiro atoms. The summed E-state index contributed by atoms with van der Waals surface area (Å²) in [7, 11) is 1.03. The van der Waals surface area contributed by atoms with E-state index in [0.717, 1.165) is 16.1 Å². The Labute approximate surface area is 160 Å². The number of anilines is 1. The molecule has 0 bridgehead atoms. The van der Waals surface area contributed by atoms with Crippen LogP contribution in [0.25, 0.3) is 0 Å². The number of carbonyl (C=O) groups is 1. The summed E-state index contributed by atoms with van der Waals surface area (Å²) in [5.74, 6) is 0.789. The molecule has 146 valence electrons. The Morgan fingerprint density at radius 2 is 1.70 bits per heavy atom. The molecule has 0 fully saturated rings. The summed E-state index contributed by atoms with van der Waals surface area (Å²) >= 11 is 0. The average molecular weight is 392 g/mol. The molecule has 0 aliphatic rings. The normalized spacial score (nSPS) is 12.2. The molecule has 0 aliphatic carbocycles. The fourth-order valence-corrected chi connectivity index (χ4v) is 3.12. The lowest BCUT2D eigenvalue weighted by molar-refractivity contribution is 0.0940. The number of carbonyl (C=O) groups excluding carboxylic acids is 1. The maximum Gasteiger partial charge on any atom is 0.253 e. The van der Waals surface area contributed by atoms with Gasteiger partial charge in [0.05, 0.1) is 37.8 Å². The molecule has 27 heavy (non-hydrogen) atoms. The first-order valence-electron chi connectivity index (χ1n) is 8.24. The van der Waals surface area contributed by atoms with Crippen LogP contribution in [-0.4, -0.2) is 41.8 Å². The van der Waals surface area contributed by atoms with Gasteiger partial charge in [-0.15, -0.1) is 0 Å². The third kappa shape index (κ3) is 4.71. The number of hydrogen-bond donors (Lipinski definition) is 1. The van der Waals surface area contributed by atoms with E-state index in [9.17, 15) is 13.2 Å². The van der Waals surface area contributed by atoms with Gasteiger partial charge in [-0.2, -0.15) is 0 Å². The van der Waals surface area contributed by atoms with Crippen LogP contribution < -0.4 is 19.1 Å². The standard InChI is InChI=1S/C19H24N2O5S/c1-13(14-10-11-17(25-3)18(12-14)26-4)20-19(22)15-8-6-7-9-16(15)21(2)27(5,23)24/h6-13H,1-5H3,(H,20,22)/t13-/m0/s1. The predicted octanol–water partition coefficient (Wildman–Crippen LogP) is 2.59. The minimum Gasteiger partial charge on any atom is -0.493 e. The van der Waals surface area contributed by atoms with E-state index >= 15 is 0 Å². The SMILES string of the molecule is COc1ccc([C@H](C)NC(=O)c2ccccc2N(C)S(C)(=O)=O)cc1OC. The number of amides is 1. The lowest BCUT2D eigenvalue weighted by Gasteiger charge is -2.21. The van der Waals surface area contributed by atoms with Gasteiger partial charge in [-0.3, -0.25) is 9.10 Å². The fourth-order valence-electron chi connectivity index (χ4n) is 2.60. The highest BCUT2D eigenvalue weighted by Gasteiger charge is 2.21. The molecule has 8 heteroatoms. The van der Waals surface area contributed by atoms with E-state index in [-0.39, 0.29) is 17.5 Å². The molecule has 2 aromatic carbocycles. The number of nitrogens with zero attached hydrogens (tertiary/aromatic N) is 1. The van der Waals surface area contributed by atoms with E-state index in [4.69, 9.17) is 9.47 Å². The molecule has 0 radical (unpaired) electrons. The summed E-state index contributed by atoms with van der Waals surface area (Å²) in [4.78, 5) is 12.8. The highest BCUT2D eigenvalue weighted by atomic mass is 32.2.